The summed E-state index contributed by atoms with van der Waals surface area (Å²) in [4.78, 5) is 28.6. The van der Waals surface area contributed by atoms with Crippen LogP contribution < -0.4 is 10.6 Å². The summed E-state index contributed by atoms with van der Waals surface area (Å²) >= 11 is 0. The second-order valence-electron chi connectivity index (χ2n) is 6.31. The average Bonchev–Trinajstić information content (AvgIpc) is 2.75. The van der Waals surface area contributed by atoms with Crippen LogP contribution >= 0.6 is 0 Å². The van der Waals surface area contributed by atoms with Gasteiger partial charge in [0.1, 0.15) is 5.69 Å². The van der Waals surface area contributed by atoms with Gasteiger partial charge >= 0.3 is 5.97 Å². The Labute approximate surface area is 169 Å². The standard InChI is InChI=1S/C23H23N3O3/c1-2-29-23(28)19-10-6-7-11-20(19)26-18-12-13-21(25-16-18)22(27)24-15-14-17-8-4-3-5-9-17/h3-13,16,26H,2,14-15H2,1H3,(H,24,27). The molecule has 0 unspecified atom stereocenters. The molecule has 2 aromatic carbocycles. The highest BCUT2D eigenvalue weighted by Gasteiger charge is 2.12. The molecule has 29 heavy (non-hydrogen) atoms. The maximum absolute atomic E-state index is 12.3. The fourth-order valence-electron chi connectivity index (χ4n) is 2.79. The van der Waals surface area contributed by atoms with Crippen molar-refractivity contribution in [1.29, 1.82) is 0 Å². The van der Waals surface area contributed by atoms with Gasteiger partial charge in [-0.3, -0.25) is 4.79 Å². The zero-order valence-corrected chi connectivity index (χ0v) is 16.2. The summed E-state index contributed by atoms with van der Waals surface area (Å²) in [6.07, 6.45) is 2.32. The molecule has 1 amide bonds. The number of aromatic nitrogens is 1. The number of carbonyl (C=O) groups is 2. The maximum atomic E-state index is 12.3. The summed E-state index contributed by atoms with van der Waals surface area (Å²) < 4.78 is 5.08. The van der Waals surface area contributed by atoms with Gasteiger partial charge in [-0.2, -0.15) is 0 Å². The number of esters is 1. The van der Waals surface area contributed by atoms with Crippen LogP contribution in [-0.2, 0) is 11.2 Å². The van der Waals surface area contributed by atoms with Crippen molar-refractivity contribution >= 4 is 23.3 Å². The van der Waals surface area contributed by atoms with Gasteiger partial charge in [-0.05, 0) is 43.2 Å². The largest absolute Gasteiger partial charge is 0.462 e. The molecule has 148 valence electrons. The van der Waals surface area contributed by atoms with Gasteiger partial charge in [-0.15, -0.1) is 0 Å². The number of ether oxygens (including phenoxy) is 1. The first-order valence-corrected chi connectivity index (χ1v) is 9.48. The molecule has 0 aliphatic heterocycles. The van der Waals surface area contributed by atoms with Gasteiger partial charge in [0, 0.05) is 6.54 Å². The van der Waals surface area contributed by atoms with Crippen LogP contribution in [0.1, 0.15) is 33.3 Å². The molecule has 6 nitrogen and oxygen atoms in total. The topological polar surface area (TPSA) is 80.3 Å². The number of pyridine rings is 1. The third-order valence-corrected chi connectivity index (χ3v) is 4.24. The van der Waals surface area contributed by atoms with Crippen LogP contribution in [0.25, 0.3) is 0 Å². The van der Waals surface area contributed by atoms with Crippen molar-refractivity contribution in [1.82, 2.24) is 10.3 Å². The molecule has 3 aromatic rings. The van der Waals surface area contributed by atoms with Gasteiger partial charge in [0.15, 0.2) is 0 Å². The predicted molar refractivity (Wildman–Crippen MR) is 112 cm³/mol. The van der Waals surface area contributed by atoms with Crippen LogP contribution in [0.2, 0.25) is 0 Å². The monoisotopic (exact) mass is 389 g/mol. The van der Waals surface area contributed by atoms with Crippen LogP contribution in [0.15, 0.2) is 72.9 Å². The van der Waals surface area contributed by atoms with E-state index in [9.17, 15) is 9.59 Å². The van der Waals surface area contributed by atoms with Crippen LogP contribution in [0.5, 0.6) is 0 Å². The third kappa shape index (κ3) is 5.65. The Morgan fingerprint density at radius 1 is 0.966 bits per heavy atom. The first-order chi connectivity index (χ1) is 14.2. The fraction of sp³-hybridized carbons (Fsp3) is 0.174. The number of carbonyl (C=O) groups excluding carboxylic acids is 2. The SMILES string of the molecule is CCOC(=O)c1ccccc1Nc1ccc(C(=O)NCCc2ccccc2)nc1. The van der Waals surface area contributed by atoms with Gasteiger partial charge in [-0.1, -0.05) is 42.5 Å². The molecule has 6 heteroatoms. The molecule has 0 aliphatic carbocycles. The van der Waals surface area contributed by atoms with E-state index < -0.39 is 5.97 Å². The smallest absolute Gasteiger partial charge is 0.340 e. The Morgan fingerprint density at radius 2 is 1.72 bits per heavy atom. The lowest BCUT2D eigenvalue weighted by Crippen LogP contribution is -2.26. The van der Waals surface area contributed by atoms with Crippen molar-refractivity contribution in [3.8, 4) is 0 Å². The minimum atomic E-state index is -0.391. The summed E-state index contributed by atoms with van der Waals surface area (Å²) in [5, 5.41) is 6.02. The molecule has 0 aliphatic rings. The first-order valence-electron chi connectivity index (χ1n) is 9.48. The Balaban J connectivity index is 1.59. The molecule has 0 spiro atoms. The van der Waals surface area contributed by atoms with Gasteiger partial charge in [0.2, 0.25) is 0 Å². The van der Waals surface area contributed by atoms with E-state index in [1.165, 1.54) is 5.56 Å². The summed E-state index contributed by atoms with van der Waals surface area (Å²) in [6.45, 7) is 2.61. The molecule has 1 heterocycles. The molecule has 0 saturated carbocycles. The zero-order valence-electron chi connectivity index (χ0n) is 16.2. The lowest BCUT2D eigenvalue weighted by molar-refractivity contribution is 0.0527. The van der Waals surface area contributed by atoms with Crippen molar-refractivity contribution < 1.29 is 14.3 Å². The zero-order chi connectivity index (χ0) is 20.5. The quantitative estimate of drug-likeness (QED) is 0.570. The summed E-state index contributed by atoms with van der Waals surface area (Å²) in [6, 6.07) is 20.5. The van der Waals surface area contributed by atoms with Crippen molar-refractivity contribution in [2.75, 3.05) is 18.5 Å². The number of rotatable bonds is 8. The highest BCUT2D eigenvalue weighted by Crippen LogP contribution is 2.21. The fourth-order valence-corrected chi connectivity index (χ4v) is 2.79. The molecule has 1 aromatic heterocycles. The van der Waals surface area contributed by atoms with Crippen LogP contribution in [-0.4, -0.2) is 30.0 Å². The number of anilines is 2. The number of nitrogens with zero attached hydrogens (tertiary/aromatic N) is 1. The van der Waals surface area contributed by atoms with Gasteiger partial charge in [-0.25, -0.2) is 9.78 Å². The van der Waals surface area contributed by atoms with E-state index in [4.69, 9.17) is 4.74 Å². The Bertz CT molecular complexity index is 957. The minimum absolute atomic E-state index is 0.223. The number of para-hydroxylation sites is 1. The molecule has 0 fully saturated rings. The van der Waals surface area contributed by atoms with Crippen molar-refractivity contribution in [2.45, 2.75) is 13.3 Å². The van der Waals surface area contributed by atoms with Crippen molar-refractivity contribution in [2.24, 2.45) is 0 Å². The molecular weight excluding hydrogens is 366 g/mol. The molecule has 2 N–H and O–H groups in total. The first kappa shape index (κ1) is 20.1. The Kier molecular flexibility index (Phi) is 6.95. The molecule has 0 radical (unpaired) electrons. The summed E-state index contributed by atoms with van der Waals surface area (Å²) in [5.41, 5.74) is 3.23. The second kappa shape index (κ2) is 10.0. The van der Waals surface area contributed by atoms with E-state index in [-0.39, 0.29) is 5.91 Å². The van der Waals surface area contributed by atoms with Gasteiger partial charge in [0.25, 0.3) is 5.91 Å². The molecule has 0 bridgehead atoms. The molecular formula is C23H23N3O3. The number of hydrogen-bond acceptors (Lipinski definition) is 5. The third-order valence-electron chi connectivity index (χ3n) is 4.24. The highest BCUT2D eigenvalue weighted by atomic mass is 16.5. The lowest BCUT2D eigenvalue weighted by atomic mass is 10.1. The summed E-state index contributed by atoms with van der Waals surface area (Å²) in [7, 11) is 0. The number of benzene rings is 2. The highest BCUT2D eigenvalue weighted by molar-refractivity contribution is 5.96. The number of nitrogens with one attached hydrogen (secondary N) is 2. The predicted octanol–water partition coefficient (Wildman–Crippen LogP) is 3.97. The molecule has 0 saturated heterocycles. The van der Waals surface area contributed by atoms with Gasteiger partial charge < -0.3 is 15.4 Å². The second-order valence-corrected chi connectivity index (χ2v) is 6.31. The molecule has 0 atom stereocenters. The number of amides is 1. The lowest BCUT2D eigenvalue weighted by Gasteiger charge is -2.11. The maximum Gasteiger partial charge on any atom is 0.340 e. The van der Waals surface area contributed by atoms with E-state index in [0.29, 0.717) is 35.8 Å². The minimum Gasteiger partial charge on any atom is -0.462 e. The average molecular weight is 389 g/mol. The Hall–Kier alpha value is -3.67. The van der Waals surface area contributed by atoms with E-state index in [2.05, 4.69) is 15.6 Å². The van der Waals surface area contributed by atoms with E-state index >= 15 is 0 Å². The summed E-state index contributed by atoms with van der Waals surface area (Å²) in [5.74, 6) is -0.614. The Morgan fingerprint density at radius 3 is 2.45 bits per heavy atom. The van der Waals surface area contributed by atoms with Crippen molar-refractivity contribution in [3.05, 3.63) is 89.7 Å². The van der Waals surface area contributed by atoms with Crippen LogP contribution in [0.3, 0.4) is 0 Å². The van der Waals surface area contributed by atoms with Crippen LogP contribution in [0, 0.1) is 0 Å². The van der Waals surface area contributed by atoms with Crippen molar-refractivity contribution in [3.63, 3.8) is 0 Å². The van der Waals surface area contributed by atoms with Crippen LogP contribution in [0.4, 0.5) is 11.4 Å². The normalized spacial score (nSPS) is 10.2. The molecule has 3 rings (SSSR count). The number of hydrogen-bond donors (Lipinski definition) is 2. The van der Waals surface area contributed by atoms with E-state index in [0.717, 1.165) is 6.42 Å². The van der Waals surface area contributed by atoms with E-state index in [1.807, 2.05) is 36.4 Å². The van der Waals surface area contributed by atoms with E-state index in [1.54, 1.807) is 43.5 Å². The van der Waals surface area contributed by atoms with Gasteiger partial charge in [0.05, 0.1) is 29.7 Å².